The van der Waals surface area contributed by atoms with Gasteiger partial charge in [0.2, 0.25) is 10.0 Å². The number of rotatable bonds is 5. The lowest BCUT2D eigenvalue weighted by atomic mass is 10.2. The van der Waals surface area contributed by atoms with Crippen LogP contribution in [0.2, 0.25) is 0 Å². The summed E-state index contributed by atoms with van der Waals surface area (Å²) in [5.74, 6) is -0.592. The molecule has 1 amide bonds. The van der Waals surface area contributed by atoms with Crippen molar-refractivity contribution in [3.05, 3.63) is 58.6 Å². The SMILES string of the molecule is O=C(Nc1cccc(Br)c1)c1cccc(S(=O)(=O)NCC(F)(F)F)c1. The van der Waals surface area contributed by atoms with E-state index in [1.807, 2.05) is 0 Å². The Morgan fingerprint density at radius 1 is 1.08 bits per heavy atom. The summed E-state index contributed by atoms with van der Waals surface area (Å²) in [4.78, 5) is 11.8. The van der Waals surface area contributed by atoms with Crippen LogP contribution in [-0.4, -0.2) is 27.0 Å². The minimum Gasteiger partial charge on any atom is -0.322 e. The van der Waals surface area contributed by atoms with Gasteiger partial charge in [-0.15, -0.1) is 0 Å². The fourth-order valence-corrected chi connectivity index (χ4v) is 3.29. The van der Waals surface area contributed by atoms with E-state index in [-0.39, 0.29) is 5.56 Å². The van der Waals surface area contributed by atoms with Gasteiger partial charge in [0.1, 0.15) is 6.54 Å². The number of sulfonamides is 1. The van der Waals surface area contributed by atoms with Crippen LogP contribution in [0.1, 0.15) is 10.4 Å². The summed E-state index contributed by atoms with van der Waals surface area (Å²) in [6.45, 7) is -1.69. The van der Waals surface area contributed by atoms with Crippen molar-refractivity contribution in [2.75, 3.05) is 11.9 Å². The molecule has 0 atom stereocenters. The van der Waals surface area contributed by atoms with E-state index in [2.05, 4.69) is 21.2 Å². The largest absolute Gasteiger partial charge is 0.402 e. The zero-order valence-electron chi connectivity index (χ0n) is 12.5. The second kappa shape index (κ2) is 7.54. The molecule has 25 heavy (non-hydrogen) atoms. The molecule has 0 aliphatic heterocycles. The Hall–Kier alpha value is -1.91. The van der Waals surface area contributed by atoms with E-state index in [1.54, 1.807) is 24.3 Å². The first-order valence-electron chi connectivity index (χ1n) is 6.80. The predicted molar refractivity (Wildman–Crippen MR) is 89.8 cm³/mol. The van der Waals surface area contributed by atoms with Crippen molar-refractivity contribution in [3.63, 3.8) is 0 Å². The summed E-state index contributed by atoms with van der Waals surface area (Å²) in [5.41, 5.74) is 0.470. The molecule has 0 radical (unpaired) electrons. The van der Waals surface area contributed by atoms with Crippen molar-refractivity contribution in [1.29, 1.82) is 0 Å². The summed E-state index contributed by atoms with van der Waals surface area (Å²) in [6, 6.07) is 11.5. The molecule has 0 heterocycles. The van der Waals surface area contributed by atoms with Crippen LogP contribution >= 0.6 is 15.9 Å². The number of amides is 1. The molecule has 2 aromatic rings. The normalized spacial score (nSPS) is 12.0. The molecule has 0 saturated carbocycles. The summed E-state index contributed by atoms with van der Waals surface area (Å²) >= 11 is 3.25. The first-order valence-corrected chi connectivity index (χ1v) is 9.08. The van der Waals surface area contributed by atoms with Gasteiger partial charge in [-0.3, -0.25) is 4.79 Å². The first kappa shape index (κ1) is 19.4. The van der Waals surface area contributed by atoms with Crippen LogP contribution in [0.4, 0.5) is 18.9 Å². The van der Waals surface area contributed by atoms with Crippen molar-refractivity contribution >= 4 is 37.5 Å². The molecule has 0 aromatic heterocycles. The Kier molecular flexibility index (Phi) is 5.86. The molecule has 0 aliphatic rings. The Bertz CT molecular complexity index is 886. The molecule has 0 aliphatic carbocycles. The summed E-state index contributed by atoms with van der Waals surface area (Å²) in [5, 5.41) is 2.57. The van der Waals surface area contributed by atoms with Crippen LogP contribution in [0.25, 0.3) is 0 Å². The smallest absolute Gasteiger partial charge is 0.322 e. The van der Waals surface area contributed by atoms with E-state index in [4.69, 9.17) is 0 Å². The maximum atomic E-state index is 12.2. The molecular formula is C15H12BrF3N2O3S. The summed E-state index contributed by atoms with van der Waals surface area (Å²) in [6.07, 6.45) is -4.68. The highest BCUT2D eigenvalue weighted by atomic mass is 79.9. The van der Waals surface area contributed by atoms with Gasteiger partial charge in [-0.2, -0.15) is 13.2 Å². The van der Waals surface area contributed by atoms with Crippen molar-refractivity contribution in [2.24, 2.45) is 0 Å². The van der Waals surface area contributed by atoms with E-state index < -0.39 is 33.5 Å². The average molecular weight is 437 g/mol. The number of benzene rings is 2. The molecule has 2 aromatic carbocycles. The number of hydrogen-bond acceptors (Lipinski definition) is 3. The minimum atomic E-state index is -4.68. The minimum absolute atomic E-state index is 0.00476. The van der Waals surface area contributed by atoms with Gasteiger partial charge in [0.05, 0.1) is 4.90 Å². The maximum Gasteiger partial charge on any atom is 0.402 e. The van der Waals surface area contributed by atoms with Crippen LogP contribution in [-0.2, 0) is 10.0 Å². The van der Waals surface area contributed by atoms with Gasteiger partial charge in [-0.25, -0.2) is 13.1 Å². The number of anilines is 1. The van der Waals surface area contributed by atoms with Crippen molar-refractivity contribution in [1.82, 2.24) is 4.72 Å². The van der Waals surface area contributed by atoms with E-state index in [0.717, 1.165) is 16.6 Å². The number of alkyl halides is 3. The molecule has 0 saturated heterocycles. The molecule has 0 spiro atoms. The monoisotopic (exact) mass is 436 g/mol. The van der Waals surface area contributed by atoms with Crippen molar-refractivity contribution in [3.8, 4) is 0 Å². The van der Waals surface area contributed by atoms with Gasteiger partial charge >= 0.3 is 6.18 Å². The first-order chi connectivity index (χ1) is 11.6. The molecular weight excluding hydrogens is 425 g/mol. The highest BCUT2D eigenvalue weighted by molar-refractivity contribution is 9.10. The second-order valence-electron chi connectivity index (χ2n) is 4.93. The van der Waals surface area contributed by atoms with Crippen LogP contribution < -0.4 is 10.0 Å². The van der Waals surface area contributed by atoms with Gasteiger partial charge < -0.3 is 5.32 Å². The number of carbonyl (C=O) groups excluding carboxylic acids is 1. The fraction of sp³-hybridized carbons (Fsp3) is 0.133. The molecule has 2 N–H and O–H groups in total. The number of nitrogens with one attached hydrogen (secondary N) is 2. The van der Waals surface area contributed by atoms with Gasteiger partial charge in [0.25, 0.3) is 5.91 Å². The van der Waals surface area contributed by atoms with Gasteiger partial charge in [0, 0.05) is 15.7 Å². The number of halogens is 4. The van der Waals surface area contributed by atoms with E-state index in [9.17, 15) is 26.4 Å². The topological polar surface area (TPSA) is 75.3 Å². The Morgan fingerprint density at radius 3 is 2.40 bits per heavy atom. The third kappa shape index (κ3) is 5.83. The third-order valence-electron chi connectivity index (χ3n) is 2.95. The average Bonchev–Trinajstić information content (AvgIpc) is 2.53. The lowest BCUT2D eigenvalue weighted by Gasteiger charge is -2.10. The second-order valence-corrected chi connectivity index (χ2v) is 7.61. The molecule has 5 nitrogen and oxygen atoms in total. The van der Waals surface area contributed by atoms with Gasteiger partial charge in [0.15, 0.2) is 0 Å². The highest BCUT2D eigenvalue weighted by Gasteiger charge is 2.30. The Labute approximate surface area is 150 Å². The quantitative estimate of drug-likeness (QED) is 0.752. The Balaban J connectivity index is 2.19. The van der Waals surface area contributed by atoms with Crippen LogP contribution in [0.5, 0.6) is 0 Å². The van der Waals surface area contributed by atoms with Crippen molar-refractivity contribution < 1.29 is 26.4 Å². The summed E-state index contributed by atoms with van der Waals surface area (Å²) < 4.78 is 62.6. The van der Waals surface area contributed by atoms with Gasteiger partial charge in [-0.1, -0.05) is 28.1 Å². The van der Waals surface area contributed by atoms with E-state index >= 15 is 0 Å². The van der Waals surface area contributed by atoms with Crippen LogP contribution in [0, 0.1) is 0 Å². The standard InChI is InChI=1S/C15H12BrF3N2O3S/c16-11-4-2-5-12(8-11)21-14(22)10-3-1-6-13(7-10)25(23,24)20-9-15(17,18)19/h1-8,20H,9H2,(H,21,22). The fourth-order valence-electron chi connectivity index (χ4n) is 1.83. The molecule has 0 unspecified atom stereocenters. The molecule has 134 valence electrons. The number of carbonyl (C=O) groups is 1. The third-order valence-corrected chi connectivity index (χ3v) is 4.84. The van der Waals surface area contributed by atoms with Crippen LogP contribution in [0.3, 0.4) is 0 Å². The molecule has 2 rings (SSSR count). The maximum absolute atomic E-state index is 12.2. The van der Waals surface area contributed by atoms with Gasteiger partial charge in [-0.05, 0) is 36.4 Å². The van der Waals surface area contributed by atoms with E-state index in [1.165, 1.54) is 16.9 Å². The van der Waals surface area contributed by atoms with Crippen LogP contribution in [0.15, 0.2) is 57.9 Å². The zero-order chi connectivity index (χ0) is 18.7. The lowest BCUT2D eigenvalue weighted by molar-refractivity contribution is -0.121. The summed E-state index contributed by atoms with van der Waals surface area (Å²) in [7, 11) is -4.39. The zero-order valence-corrected chi connectivity index (χ0v) is 14.9. The predicted octanol–water partition coefficient (Wildman–Crippen LogP) is 3.54. The van der Waals surface area contributed by atoms with Crippen molar-refractivity contribution in [2.45, 2.75) is 11.1 Å². The molecule has 0 fully saturated rings. The van der Waals surface area contributed by atoms with E-state index in [0.29, 0.717) is 5.69 Å². The highest BCUT2D eigenvalue weighted by Crippen LogP contribution is 2.19. The Morgan fingerprint density at radius 2 is 1.76 bits per heavy atom. The molecule has 0 bridgehead atoms. The molecule has 10 heteroatoms. The number of hydrogen-bond donors (Lipinski definition) is 2. The lowest BCUT2D eigenvalue weighted by Crippen LogP contribution is -2.33.